The number of methoxy groups -OCH3 is 1. The predicted molar refractivity (Wildman–Crippen MR) is 114 cm³/mol. The largest absolute Gasteiger partial charge is 0.497 e. The monoisotopic (exact) mass is 404 g/mol. The molecule has 0 saturated carbocycles. The zero-order chi connectivity index (χ0) is 20.8. The summed E-state index contributed by atoms with van der Waals surface area (Å²) in [6.07, 6.45) is 3.37. The van der Waals surface area contributed by atoms with Crippen molar-refractivity contribution in [1.29, 1.82) is 0 Å². The second-order valence-corrected chi connectivity index (χ2v) is 7.00. The summed E-state index contributed by atoms with van der Waals surface area (Å²) in [5, 5.41) is 3.33. The number of benzene rings is 1. The van der Waals surface area contributed by atoms with Gasteiger partial charge in [0, 0.05) is 31.4 Å². The molecule has 1 aliphatic heterocycles. The standard InChI is InChI=1S/C23H24N4O3/c1-29-19-6-2-5-17(13-19)21-8-3-9-22(26-21)23(28)27-12-11-25-14-18(27)16-30-20-7-4-10-24-15-20/h2-10,13,15,18,25H,11-12,14,16H2,1H3. The molecule has 1 N–H and O–H groups in total. The third-order valence-corrected chi connectivity index (χ3v) is 5.02. The van der Waals surface area contributed by atoms with Crippen molar-refractivity contribution in [2.75, 3.05) is 33.4 Å². The van der Waals surface area contributed by atoms with Crippen molar-refractivity contribution >= 4 is 5.91 Å². The summed E-state index contributed by atoms with van der Waals surface area (Å²) in [7, 11) is 1.63. The Morgan fingerprint density at radius 3 is 2.87 bits per heavy atom. The van der Waals surface area contributed by atoms with Crippen LogP contribution in [-0.2, 0) is 0 Å². The molecule has 3 aromatic rings. The van der Waals surface area contributed by atoms with E-state index in [1.54, 1.807) is 25.6 Å². The first-order valence-electron chi connectivity index (χ1n) is 9.90. The molecule has 1 aliphatic rings. The molecular formula is C23H24N4O3. The number of amides is 1. The zero-order valence-electron chi connectivity index (χ0n) is 16.8. The third-order valence-electron chi connectivity index (χ3n) is 5.02. The lowest BCUT2D eigenvalue weighted by atomic mass is 10.1. The van der Waals surface area contributed by atoms with E-state index in [1.165, 1.54) is 0 Å². The van der Waals surface area contributed by atoms with E-state index in [1.807, 2.05) is 53.4 Å². The van der Waals surface area contributed by atoms with Crippen LogP contribution in [0, 0.1) is 0 Å². The lowest BCUT2D eigenvalue weighted by molar-refractivity contribution is 0.0553. The molecule has 1 saturated heterocycles. The molecule has 1 fully saturated rings. The molecule has 7 heteroatoms. The summed E-state index contributed by atoms with van der Waals surface area (Å²) in [5.41, 5.74) is 2.06. The van der Waals surface area contributed by atoms with Crippen LogP contribution in [0.5, 0.6) is 11.5 Å². The number of ether oxygens (including phenoxy) is 2. The highest BCUT2D eigenvalue weighted by atomic mass is 16.5. The Morgan fingerprint density at radius 1 is 1.17 bits per heavy atom. The van der Waals surface area contributed by atoms with Gasteiger partial charge in [0.1, 0.15) is 23.8 Å². The van der Waals surface area contributed by atoms with E-state index < -0.39 is 0 Å². The smallest absolute Gasteiger partial charge is 0.272 e. The number of rotatable bonds is 6. The lowest BCUT2D eigenvalue weighted by Crippen LogP contribution is -2.56. The molecule has 1 unspecified atom stereocenters. The van der Waals surface area contributed by atoms with Crippen LogP contribution in [-0.4, -0.2) is 60.2 Å². The number of carbonyl (C=O) groups is 1. The van der Waals surface area contributed by atoms with Gasteiger partial charge in [-0.25, -0.2) is 4.98 Å². The average molecular weight is 404 g/mol. The number of carbonyl (C=O) groups excluding carboxylic acids is 1. The first-order valence-corrected chi connectivity index (χ1v) is 9.90. The molecule has 7 nitrogen and oxygen atoms in total. The molecule has 154 valence electrons. The zero-order valence-corrected chi connectivity index (χ0v) is 16.8. The number of piperazine rings is 1. The molecule has 1 aromatic carbocycles. The van der Waals surface area contributed by atoms with E-state index in [9.17, 15) is 4.79 Å². The molecule has 1 amide bonds. The second-order valence-electron chi connectivity index (χ2n) is 7.00. The van der Waals surface area contributed by atoms with Gasteiger partial charge in [-0.1, -0.05) is 18.2 Å². The fourth-order valence-electron chi connectivity index (χ4n) is 3.45. The highest BCUT2D eigenvalue weighted by molar-refractivity contribution is 5.93. The van der Waals surface area contributed by atoms with Crippen LogP contribution in [0.4, 0.5) is 0 Å². The van der Waals surface area contributed by atoms with Gasteiger partial charge in [-0.15, -0.1) is 0 Å². The first-order chi connectivity index (χ1) is 14.7. The molecule has 3 heterocycles. The molecule has 4 rings (SSSR count). The summed E-state index contributed by atoms with van der Waals surface area (Å²) in [6.45, 7) is 2.40. The number of nitrogens with zero attached hydrogens (tertiary/aromatic N) is 3. The topological polar surface area (TPSA) is 76.6 Å². The Kier molecular flexibility index (Phi) is 6.20. The van der Waals surface area contributed by atoms with Gasteiger partial charge in [0.15, 0.2) is 0 Å². The number of hydrogen-bond acceptors (Lipinski definition) is 6. The molecule has 0 bridgehead atoms. The van der Waals surface area contributed by atoms with Crippen LogP contribution in [0.1, 0.15) is 10.5 Å². The summed E-state index contributed by atoms with van der Waals surface area (Å²) < 4.78 is 11.1. The van der Waals surface area contributed by atoms with Crippen molar-refractivity contribution in [2.45, 2.75) is 6.04 Å². The number of aromatic nitrogens is 2. The van der Waals surface area contributed by atoms with E-state index in [-0.39, 0.29) is 11.9 Å². The number of hydrogen-bond donors (Lipinski definition) is 1. The summed E-state index contributed by atoms with van der Waals surface area (Å²) in [5.74, 6) is 1.34. The van der Waals surface area contributed by atoms with Crippen molar-refractivity contribution in [2.24, 2.45) is 0 Å². The Morgan fingerprint density at radius 2 is 2.03 bits per heavy atom. The molecule has 2 aromatic heterocycles. The minimum atomic E-state index is -0.0963. The van der Waals surface area contributed by atoms with E-state index in [0.717, 1.165) is 23.6 Å². The van der Waals surface area contributed by atoms with Crippen LogP contribution in [0.25, 0.3) is 11.3 Å². The molecule has 30 heavy (non-hydrogen) atoms. The van der Waals surface area contributed by atoms with Gasteiger partial charge in [-0.3, -0.25) is 9.78 Å². The van der Waals surface area contributed by atoms with Gasteiger partial charge < -0.3 is 19.7 Å². The van der Waals surface area contributed by atoms with Gasteiger partial charge in [0.2, 0.25) is 0 Å². The predicted octanol–water partition coefficient (Wildman–Crippen LogP) is 2.65. The average Bonchev–Trinajstić information content (AvgIpc) is 2.83. The van der Waals surface area contributed by atoms with Crippen LogP contribution < -0.4 is 14.8 Å². The van der Waals surface area contributed by atoms with Crippen molar-refractivity contribution in [3.05, 3.63) is 72.7 Å². The van der Waals surface area contributed by atoms with E-state index in [0.29, 0.717) is 31.1 Å². The van der Waals surface area contributed by atoms with E-state index >= 15 is 0 Å². The first kappa shape index (κ1) is 19.8. The summed E-state index contributed by atoms with van der Waals surface area (Å²) in [6, 6.07) is 16.8. The Bertz CT molecular complexity index is 997. The van der Waals surface area contributed by atoms with Crippen LogP contribution in [0.3, 0.4) is 0 Å². The lowest BCUT2D eigenvalue weighted by Gasteiger charge is -2.35. The minimum Gasteiger partial charge on any atom is -0.497 e. The molecule has 0 radical (unpaired) electrons. The summed E-state index contributed by atoms with van der Waals surface area (Å²) in [4.78, 5) is 23.8. The maximum absolute atomic E-state index is 13.3. The van der Waals surface area contributed by atoms with Crippen molar-refractivity contribution in [3.8, 4) is 22.8 Å². The second kappa shape index (κ2) is 9.37. The number of pyridine rings is 2. The SMILES string of the molecule is COc1cccc(-c2cccc(C(=O)N3CCNCC3COc3cccnc3)n2)c1. The molecule has 0 aliphatic carbocycles. The van der Waals surface area contributed by atoms with Crippen LogP contribution in [0.15, 0.2) is 67.0 Å². The summed E-state index contributed by atoms with van der Waals surface area (Å²) >= 11 is 0. The van der Waals surface area contributed by atoms with Crippen molar-refractivity contribution in [1.82, 2.24) is 20.2 Å². The van der Waals surface area contributed by atoms with Crippen LogP contribution in [0.2, 0.25) is 0 Å². The minimum absolute atomic E-state index is 0.0891. The Labute approximate surface area is 175 Å². The van der Waals surface area contributed by atoms with Gasteiger partial charge >= 0.3 is 0 Å². The molecule has 0 spiro atoms. The maximum atomic E-state index is 13.3. The van der Waals surface area contributed by atoms with E-state index in [2.05, 4.69) is 15.3 Å². The Hall–Kier alpha value is -3.45. The van der Waals surface area contributed by atoms with Crippen molar-refractivity contribution < 1.29 is 14.3 Å². The highest BCUT2D eigenvalue weighted by Crippen LogP contribution is 2.23. The van der Waals surface area contributed by atoms with Gasteiger partial charge in [-0.05, 0) is 36.4 Å². The third kappa shape index (κ3) is 4.58. The maximum Gasteiger partial charge on any atom is 0.272 e. The van der Waals surface area contributed by atoms with E-state index in [4.69, 9.17) is 9.47 Å². The molecule has 1 atom stereocenters. The fourth-order valence-corrected chi connectivity index (χ4v) is 3.45. The highest BCUT2D eigenvalue weighted by Gasteiger charge is 2.29. The number of nitrogens with one attached hydrogen (secondary N) is 1. The van der Waals surface area contributed by atoms with Gasteiger partial charge in [0.25, 0.3) is 5.91 Å². The molecular weight excluding hydrogens is 380 g/mol. The quantitative estimate of drug-likeness (QED) is 0.681. The van der Waals surface area contributed by atoms with Crippen LogP contribution >= 0.6 is 0 Å². The van der Waals surface area contributed by atoms with Gasteiger partial charge in [0.05, 0.1) is 25.0 Å². The fraction of sp³-hybridized carbons (Fsp3) is 0.261. The Balaban J connectivity index is 1.51. The van der Waals surface area contributed by atoms with Crippen molar-refractivity contribution in [3.63, 3.8) is 0 Å². The van der Waals surface area contributed by atoms with Gasteiger partial charge in [-0.2, -0.15) is 0 Å². The normalized spacial score (nSPS) is 16.2.